The van der Waals surface area contributed by atoms with Gasteiger partial charge >= 0.3 is 19.8 Å². The monoisotopic (exact) mass is 878 g/mol. The van der Waals surface area contributed by atoms with Crippen LogP contribution in [-0.4, -0.2) is 61.0 Å². The molecule has 4 N–H and O–H groups in total. The third-order valence-electron chi connectivity index (χ3n) is 10.5. The molecule has 0 amide bonds. The van der Waals surface area contributed by atoms with Crippen molar-refractivity contribution in [3.63, 3.8) is 0 Å². The number of nitrogens with two attached hydrogens (primary N) is 1. The highest BCUT2D eigenvalue weighted by Gasteiger charge is 2.26. The van der Waals surface area contributed by atoms with Crippen LogP contribution in [0.15, 0.2) is 53.0 Å². The van der Waals surface area contributed by atoms with Crippen LogP contribution in [0.25, 0.3) is 0 Å². The van der Waals surface area contributed by atoms with Crippen molar-refractivity contribution in [3.05, 3.63) is 71.3 Å². The summed E-state index contributed by atoms with van der Waals surface area (Å²) in [6.07, 6.45) is 41.2. The lowest BCUT2D eigenvalue weighted by Gasteiger charge is -2.19. The van der Waals surface area contributed by atoms with E-state index in [1.165, 1.54) is 80.4 Å². The minimum atomic E-state index is -4.41. The molecule has 0 aliphatic heterocycles. The molecule has 2 atom stereocenters. The first-order chi connectivity index (χ1) is 29.6. The van der Waals surface area contributed by atoms with E-state index >= 15 is 0 Å². The molecule has 0 saturated heterocycles. The standard InChI is InChI=1S/C49H84NO10P/c1-4-5-29-34-46-43(2)44(3)47(60-46)35-30-25-21-17-14-15-18-22-26-31-36-48(52)56-41-45(42-58-61(54,55)57-40-38-50)59-49(53)37-32-27-23-19-13-11-9-7-6-8-10-12-16-20-24-28-33-39-51/h6,8-9,11-12,16,19,23,45,51H,4-5,7,10,13-15,17-18,20-22,24-42,50H2,1-3H3,(H,54,55)/b8-6-,11-9-,16-12-,23-19-/t45-/m1/s1. The van der Waals surface area contributed by atoms with E-state index in [1.54, 1.807) is 0 Å². The van der Waals surface area contributed by atoms with Gasteiger partial charge in [-0.15, -0.1) is 0 Å². The van der Waals surface area contributed by atoms with Gasteiger partial charge in [0, 0.05) is 38.8 Å². The first kappa shape index (κ1) is 56.2. The Balaban J connectivity index is 2.24. The molecular weight excluding hydrogens is 794 g/mol. The van der Waals surface area contributed by atoms with Crippen molar-refractivity contribution in [1.29, 1.82) is 0 Å². The molecule has 0 spiro atoms. The number of ether oxygens (including phenoxy) is 2. The third-order valence-corrected chi connectivity index (χ3v) is 11.5. The highest BCUT2D eigenvalue weighted by Crippen LogP contribution is 2.43. The van der Waals surface area contributed by atoms with Crippen molar-refractivity contribution in [2.24, 2.45) is 5.73 Å². The van der Waals surface area contributed by atoms with E-state index in [0.717, 1.165) is 77.0 Å². The Morgan fingerprint density at radius 1 is 0.639 bits per heavy atom. The average Bonchev–Trinajstić information content (AvgIpc) is 3.51. The fourth-order valence-corrected chi connectivity index (χ4v) is 7.43. The van der Waals surface area contributed by atoms with E-state index < -0.39 is 32.5 Å². The SMILES string of the molecule is CCCCCc1oc(CCCCCCCCCCCCC(=O)OC[C@H](COP(=O)(O)OCCN)OC(=O)CCC/C=C\C/C=C\C/C=C\C/C=C\CCCCCO)c(C)c1C. The zero-order chi connectivity index (χ0) is 44.7. The summed E-state index contributed by atoms with van der Waals surface area (Å²) in [6, 6.07) is 0. The van der Waals surface area contributed by atoms with Crippen LogP contribution in [0.1, 0.15) is 184 Å². The fraction of sp³-hybridized carbons (Fsp3) is 0.714. The summed E-state index contributed by atoms with van der Waals surface area (Å²) in [4.78, 5) is 35.0. The van der Waals surface area contributed by atoms with E-state index in [-0.39, 0.29) is 39.2 Å². The summed E-state index contributed by atoms with van der Waals surface area (Å²) in [6.45, 7) is 6.01. The highest BCUT2D eigenvalue weighted by atomic mass is 31.2. The molecule has 12 heteroatoms. The van der Waals surface area contributed by atoms with Crippen LogP contribution < -0.4 is 5.73 Å². The zero-order valence-corrected chi connectivity index (χ0v) is 39.2. The number of phosphoric acid groups is 1. The largest absolute Gasteiger partial charge is 0.472 e. The molecule has 0 aliphatic carbocycles. The second-order valence-corrected chi connectivity index (χ2v) is 17.4. The zero-order valence-electron chi connectivity index (χ0n) is 38.3. The minimum absolute atomic E-state index is 0.0336. The number of carbonyl (C=O) groups is 2. The quantitative estimate of drug-likeness (QED) is 0.0248. The number of furan rings is 1. The number of allylic oxidation sites excluding steroid dienone is 8. The van der Waals surface area contributed by atoms with Crippen molar-refractivity contribution >= 4 is 19.8 Å². The van der Waals surface area contributed by atoms with Crippen LogP contribution in [0.2, 0.25) is 0 Å². The Bertz CT molecular complexity index is 1420. The number of rotatable bonds is 41. The summed E-state index contributed by atoms with van der Waals surface area (Å²) >= 11 is 0. The summed E-state index contributed by atoms with van der Waals surface area (Å²) in [7, 11) is -4.41. The normalized spacial score (nSPS) is 13.6. The first-order valence-corrected chi connectivity index (χ1v) is 25.1. The van der Waals surface area contributed by atoms with Gasteiger partial charge in [-0.1, -0.05) is 126 Å². The molecule has 0 saturated carbocycles. The van der Waals surface area contributed by atoms with E-state index in [2.05, 4.69) is 63.3 Å². The molecule has 1 unspecified atom stereocenters. The molecular formula is C49H84NO10P. The molecule has 0 bridgehead atoms. The van der Waals surface area contributed by atoms with Crippen molar-refractivity contribution in [1.82, 2.24) is 0 Å². The van der Waals surface area contributed by atoms with Crippen LogP contribution in [0.4, 0.5) is 0 Å². The second-order valence-electron chi connectivity index (χ2n) is 15.9. The molecule has 0 radical (unpaired) electrons. The maximum atomic E-state index is 12.6. The minimum Gasteiger partial charge on any atom is -0.466 e. The number of esters is 2. The first-order valence-electron chi connectivity index (χ1n) is 23.6. The Morgan fingerprint density at radius 2 is 1.13 bits per heavy atom. The molecule has 1 rings (SSSR count). The molecule has 61 heavy (non-hydrogen) atoms. The molecule has 1 heterocycles. The van der Waals surface area contributed by atoms with E-state index in [0.29, 0.717) is 19.3 Å². The molecule has 1 aromatic heterocycles. The van der Waals surface area contributed by atoms with Gasteiger partial charge in [-0.3, -0.25) is 18.6 Å². The van der Waals surface area contributed by atoms with Gasteiger partial charge in [0.2, 0.25) is 0 Å². The highest BCUT2D eigenvalue weighted by molar-refractivity contribution is 7.47. The number of carbonyl (C=O) groups excluding carboxylic acids is 2. The van der Waals surface area contributed by atoms with Crippen LogP contribution >= 0.6 is 7.82 Å². The molecule has 350 valence electrons. The van der Waals surface area contributed by atoms with Gasteiger partial charge in [0.05, 0.1) is 13.2 Å². The van der Waals surface area contributed by atoms with Crippen molar-refractivity contribution in [2.75, 3.05) is 33.0 Å². The Kier molecular flexibility index (Phi) is 35.8. The summed E-state index contributed by atoms with van der Waals surface area (Å²) in [5.74, 6) is 1.44. The maximum absolute atomic E-state index is 12.6. The van der Waals surface area contributed by atoms with Crippen molar-refractivity contribution < 1.29 is 47.1 Å². The lowest BCUT2D eigenvalue weighted by atomic mass is 10.0. The topological polar surface area (TPSA) is 168 Å². The second kappa shape index (κ2) is 38.9. The molecule has 11 nitrogen and oxygen atoms in total. The van der Waals surface area contributed by atoms with E-state index in [9.17, 15) is 19.0 Å². The fourth-order valence-electron chi connectivity index (χ4n) is 6.67. The van der Waals surface area contributed by atoms with Crippen LogP contribution in [0, 0.1) is 13.8 Å². The number of hydrogen-bond acceptors (Lipinski definition) is 10. The molecule has 1 aromatic rings. The smallest absolute Gasteiger partial charge is 0.466 e. The Labute approximate surface area is 369 Å². The van der Waals surface area contributed by atoms with Gasteiger partial charge in [-0.05, 0) is 95.6 Å². The number of aryl methyl sites for hydroxylation is 2. The van der Waals surface area contributed by atoms with Gasteiger partial charge in [0.25, 0.3) is 0 Å². The van der Waals surface area contributed by atoms with Gasteiger partial charge in [0.1, 0.15) is 18.1 Å². The van der Waals surface area contributed by atoms with Crippen LogP contribution in [0.5, 0.6) is 0 Å². The number of phosphoric ester groups is 1. The van der Waals surface area contributed by atoms with Crippen molar-refractivity contribution in [3.8, 4) is 0 Å². The average molecular weight is 878 g/mol. The van der Waals surface area contributed by atoms with Crippen molar-refractivity contribution in [2.45, 2.75) is 194 Å². The number of aliphatic hydroxyl groups excluding tert-OH is 1. The number of hydrogen-bond donors (Lipinski definition) is 3. The number of aliphatic hydroxyl groups is 1. The molecule has 0 aromatic carbocycles. The van der Waals surface area contributed by atoms with Gasteiger partial charge < -0.3 is 29.6 Å². The predicted octanol–water partition coefficient (Wildman–Crippen LogP) is 12.1. The Hall–Kier alpha value is -2.79. The lowest BCUT2D eigenvalue weighted by Crippen LogP contribution is -2.29. The van der Waals surface area contributed by atoms with Gasteiger partial charge in [-0.25, -0.2) is 4.57 Å². The summed E-state index contributed by atoms with van der Waals surface area (Å²) in [5.41, 5.74) is 8.04. The van der Waals surface area contributed by atoms with Crippen LogP contribution in [-0.2, 0) is 45.5 Å². The van der Waals surface area contributed by atoms with Gasteiger partial charge in [-0.2, -0.15) is 0 Å². The predicted molar refractivity (Wildman–Crippen MR) is 247 cm³/mol. The molecule has 0 aliphatic rings. The molecule has 0 fully saturated rings. The van der Waals surface area contributed by atoms with E-state index in [1.807, 2.05) is 6.08 Å². The van der Waals surface area contributed by atoms with Crippen LogP contribution in [0.3, 0.4) is 0 Å². The maximum Gasteiger partial charge on any atom is 0.472 e. The third kappa shape index (κ3) is 32.5. The summed E-state index contributed by atoms with van der Waals surface area (Å²) in [5, 5.41) is 8.80. The van der Waals surface area contributed by atoms with E-state index in [4.69, 9.17) is 33.8 Å². The summed E-state index contributed by atoms with van der Waals surface area (Å²) < 4.78 is 39.0. The number of unbranched alkanes of at least 4 members (excludes halogenated alkanes) is 15. The Morgan fingerprint density at radius 3 is 1.69 bits per heavy atom. The van der Waals surface area contributed by atoms with Gasteiger partial charge in [0.15, 0.2) is 6.10 Å². The lowest BCUT2D eigenvalue weighted by molar-refractivity contribution is -0.161.